The molecule has 1 N–H and O–H groups in total. The molecule has 2 rings (SSSR count). The van der Waals surface area contributed by atoms with Gasteiger partial charge in [-0.25, -0.2) is 0 Å². The van der Waals surface area contributed by atoms with E-state index < -0.39 is 0 Å². The van der Waals surface area contributed by atoms with E-state index >= 15 is 0 Å². The SMILES string of the molecule is CCCNCc1occc1COC1CCCCCC1. The Balaban J connectivity index is 1.76. The van der Waals surface area contributed by atoms with Gasteiger partial charge in [-0.15, -0.1) is 0 Å². The Morgan fingerprint density at radius 1 is 1.26 bits per heavy atom. The van der Waals surface area contributed by atoms with E-state index in [1.807, 2.05) is 6.07 Å². The van der Waals surface area contributed by atoms with Crippen molar-refractivity contribution in [3.63, 3.8) is 0 Å². The second-order valence-electron chi connectivity index (χ2n) is 5.47. The van der Waals surface area contributed by atoms with Gasteiger partial charge in [0.05, 0.1) is 25.5 Å². The van der Waals surface area contributed by atoms with Gasteiger partial charge < -0.3 is 14.5 Å². The van der Waals surface area contributed by atoms with Crippen LogP contribution in [0.1, 0.15) is 63.2 Å². The van der Waals surface area contributed by atoms with E-state index in [1.54, 1.807) is 6.26 Å². The predicted molar refractivity (Wildman–Crippen MR) is 77.0 cm³/mol. The zero-order valence-corrected chi connectivity index (χ0v) is 12.1. The zero-order valence-electron chi connectivity index (χ0n) is 12.1. The molecule has 0 amide bonds. The highest BCUT2D eigenvalue weighted by Gasteiger charge is 2.14. The number of ether oxygens (including phenoxy) is 1. The first-order chi connectivity index (χ1) is 9.40. The van der Waals surface area contributed by atoms with Crippen LogP contribution in [0.4, 0.5) is 0 Å². The Morgan fingerprint density at radius 3 is 2.79 bits per heavy atom. The van der Waals surface area contributed by atoms with E-state index in [0.717, 1.165) is 25.3 Å². The molecule has 0 aliphatic heterocycles. The molecular formula is C16H27NO2. The maximum Gasteiger partial charge on any atom is 0.123 e. The van der Waals surface area contributed by atoms with Crippen LogP contribution in [0.2, 0.25) is 0 Å². The molecule has 1 aromatic rings. The summed E-state index contributed by atoms with van der Waals surface area (Å²) in [5.74, 6) is 1.03. The summed E-state index contributed by atoms with van der Waals surface area (Å²) in [5.41, 5.74) is 1.20. The maximum absolute atomic E-state index is 6.07. The van der Waals surface area contributed by atoms with Crippen molar-refractivity contribution in [1.29, 1.82) is 0 Å². The predicted octanol–water partition coefficient (Wildman–Crippen LogP) is 4.02. The summed E-state index contributed by atoms with van der Waals surface area (Å²) in [4.78, 5) is 0. The fourth-order valence-corrected chi connectivity index (χ4v) is 2.65. The van der Waals surface area contributed by atoms with Crippen LogP contribution in [-0.4, -0.2) is 12.6 Å². The molecule has 0 bridgehead atoms. The zero-order chi connectivity index (χ0) is 13.3. The number of nitrogens with one attached hydrogen (secondary N) is 1. The third kappa shape index (κ3) is 5.00. The highest BCUT2D eigenvalue weighted by Crippen LogP contribution is 2.21. The molecule has 1 aromatic heterocycles. The second kappa shape index (κ2) is 8.39. The van der Waals surface area contributed by atoms with Crippen LogP contribution >= 0.6 is 0 Å². The lowest BCUT2D eigenvalue weighted by molar-refractivity contribution is 0.0302. The molecule has 1 saturated carbocycles. The molecule has 108 valence electrons. The number of rotatable bonds is 7. The molecule has 1 heterocycles. The quantitative estimate of drug-likeness (QED) is 0.597. The van der Waals surface area contributed by atoms with Gasteiger partial charge in [-0.3, -0.25) is 0 Å². The van der Waals surface area contributed by atoms with Gasteiger partial charge in [0.25, 0.3) is 0 Å². The summed E-state index contributed by atoms with van der Waals surface area (Å²) in [6.45, 7) is 4.71. The Kier molecular flexibility index (Phi) is 6.45. The highest BCUT2D eigenvalue weighted by molar-refractivity contribution is 5.15. The third-order valence-corrected chi connectivity index (χ3v) is 3.83. The van der Waals surface area contributed by atoms with Gasteiger partial charge in [-0.2, -0.15) is 0 Å². The van der Waals surface area contributed by atoms with Crippen molar-refractivity contribution in [2.45, 2.75) is 71.1 Å². The van der Waals surface area contributed by atoms with Gasteiger partial charge in [0.1, 0.15) is 5.76 Å². The molecule has 0 aromatic carbocycles. The first-order valence-electron chi connectivity index (χ1n) is 7.77. The third-order valence-electron chi connectivity index (χ3n) is 3.83. The van der Waals surface area contributed by atoms with Crippen LogP contribution in [-0.2, 0) is 17.9 Å². The minimum atomic E-state index is 0.453. The smallest absolute Gasteiger partial charge is 0.123 e. The normalized spacial score (nSPS) is 17.5. The monoisotopic (exact) mass is 265 g/mol. The summed E-state index contributed by atoms with van der Waals surface area (Å²) in [5, 5.41) is 3.38. The van der Waals surface area contributed by atoms with Gasteiger partial charge in [0.15, 0.2) is 0 Å². The van der Waals surface area contributed by atoms with Crippen LogP contribution in [0.3, 0.4) is 0 Å². The summed E-state index contributed by atoms with van der Waals surface area (Å²) in [6, 6.07) is 2.04. The standard InChI is InChI=1S/C16H27NO2/c1-2-10-17-12-16-14(9-11-18-16)13-19-15-7-5-3-4-6-8-15/h9,11,15,17H,2-8,10,12-13H2,1H3. The van der Waals surface area contributed by atoms with Crippen molar-refractivity contribution >= 4 is 0 Å². The van der Waals surface area contributed by atoms with Crippen molar-refractivity contribution in [3.8, 4) is 0 Å². The van der Waals surface area contributed by atoms with Gasteiger partial charge in [0, 0.05) is 5.56 Å². The molecule has 3 nitrogen and oxygen atoms in total. The van der Waals surface area contributed by atoms with Crippen molar-refractivity contribution in [2.24, 2.45) is 0 Å². The Hall–Kier alpha value is -0.800. The maximum atomic E-state index is 6.07. The molecule has 1 aliphatic carbocycles. The summed E-state index contributed by atoms with van der Waals surface area (Å²) >= 11 is 0. The number of hydrogen-bond acceptors (Lipinski definition) is 3. The average molecular weight is 265 g/mol. The van der Waals surface area contributed by atoms with E-state index in [0.29, 0.717) is 12.7 Å². The van der Waals surface area contributed by atoms with Crippen LogP contribution in [0.5, 0.6) is 0 Å². The number of furan rings is 1. The van der Waals surface area contributed by atoms with E-state index in [1.165, 1.54) is 44.1 Å². The molecular weight excluding hydrogens is 238 g/mol. The average Bonchev–Trinajstić information content (AvgIpc) is 2.71. The lowest BCUT2D eigenvalue weighted by atomic mass is 10.1. The van der Waals surface area contributed by atoms with Gasteiger partial charge in [0.2, 0.25) is 0 Å². The summed E-state index contributed by atoms with van der Waals surface area (Å²) in [7, 11) is 0. The van der Waals surface area contributed by atoms with Crippen LogP contribution in [0, 0.1) is 0 Å². The minimum Gasteiger partial charge on any atom is -0.468 e. The molecule has 0 radical (unpaired) electrons. The molecule has 19 heavy (non-hydrogen) atoms. The first-order valence-corrected chi connectivity index (χ1v) is 7.77. The highest BCUT2D eigenvalue weighted by atomic mass is 16.5. The van der Waals surface area contributed by atoms with Gasteiger partial charge in [-0.05, 0) is 31.9 Å². The first kappa shape index (κ1) is 14.6. The Morgan fingerprint density at radius 2 is 2.05 bits per heavy atom. The molecule has 0 spiro atoms. The Bertz CT molecular complexity index is 340. The topological polar surface area (TPSA) is 34.4 Å². The Labute approximate surface area is 116 Å². The number of hydrogen-bond donors (Lipinski definition) is 1. The molecule has 1 fully saturated rings. The van der Waals surface area contributed by atoms with E-state index in [9.17, 15) is 0 Å². The largest absolute Gasteiger partial charge is 0.468 e. The van der Waals surface area contributed by atoms with Gasteiger partial charge >= 0.3 is 0 Å². The fourth-order valence-electron chi connectivity index (χ4n) is 2.65. The minimum absolute atomic E-state index is 0.453. The second-order valence-corrected chi connectivity index (χ2v) is 5.47. The molecule has 3 heteroatoms. The molecule has 1 aliphatic rings. The fraction of sp³-hybridized carbons (Fsp3) is 0.750. The van der Waals surface area contributed by atoms with Crippen LogP contribution < -0.4 is 5.32 Å². The molecule has 0 atom stereocenters. The van der Waals surface area contributed by atoms with Gasteiger partial charge in [-0.1, -0.05) is 32.6 Å². The van der Waals surface area contributed by atoms with Crippen LogP contribution in [0.15, 0.2) is 16.7 Å². The lowest BCUT2D eigenvalue weighted by Gasteiger charge is -2.15. The van der Waals surface area contributed by atoms with E-state index in [2.05, 4.69) is 12.2 Å². The van der Waals surface area contributed by atoms with Crippen molar-refractivity contribution in [3.05, 3.63) is 23.7 Å². The van der Waals surface area contributed by atoms with E-state index in [-0.39, 0.29) is 0 Å². The summed E-state index contributed by atoms with van der Waals surface area (Å²) < 4.78 is 11.6. The van der Waals surface area contributed by atoms with Crippen molar-refractivity contribution in [1.82, 2.24) is 5.32 Å². The van der Waals surface area contributed by atoms with Crippen molar-refractivity contribution < 1.29 is 9.15 Å². The van der Waals surface area contributed by atoms with Crippen molar-refractivity contribution in [2.75, 3.05) is 6.54 Å². The van der Waals surface area contributed by atoms with E-state index in [4.69, 9.17) is 9.15 Å². The summed E-state index contributed by atoms with van der Waals surface area (Å²) in [6.07, 6.45) is 11.2. The lowest BCUT2D eigenvalue weighted by Crippen LogP contribution is -2.15. The molecule has 0 unspecified atom stereocenters. The molecule has 0 saturated heterocycles. The van der Waals surface area contributed by atoms with Crippen LogP contribution in [0.25, 0.3) is 0 Å².